The van der Waals surface area contributed by atoms with Gasteiger partial charge in [0.15, 0.2) is 6.33 Å². The Morgan fingerprint density at radius 2 is 2.50 bits per heavy atom. The van der Waals surface area contributed by atoms with Crippen LogP contribution in [0.3, 0.4) is 0 Å². The summed E-state index contributed by atoms with van der Waals surface area (Å²) in [5, 5.41) is 19.7. The first kappa shape index (κ1) is 7.10. The molecule has 0 fully saturated rings. The fourth-order valence-electron chi connectivity index (χ4n) is 0.535. The van der Waals surface area contributed by atoms with Crippen LogP contribution in [0, 0.1) is 0 Å². The van der Waals surface area contributed by atoms with Crippen molar-refractivity contribution in [1.29, 1.82) is 0 Å². The highest BCUT2D eigenvalue weighted by atomic mass is 16.3. The van der Waals surface area contributed by atoms with Crippen LogP contribution < -0.4 is 5.73 Å². The highest BCUT2D eigenvalue weighted by Gasteiger charge is 2.02. The van der Waals surface area contributed by atoms with Crippen molar-refractivity contribution in [3.63, 3.8) is 0 Å². The van der Waals surface area contributed by atoms with E-state index in [1.807, 2.05) is 0 Å². The standard InChI is InChI=1S/C4H9N5O/c5-1-4(10)2-9-7-3-6-8-9/h3-4,10H,1-2,5H2. The molecule has 0 aliphatic heterocycles. The fraction of sp³-hybridized carbons (Fsp3) is 0.750. The monoisotopic (exact) mass is 143 g/mol. The number of nitrogens with two attached hydrogens (primary N) is 1. The molecule has 0 radical (unpaired) electrons. The molecule has 6 heteroatoms. The summed E-state index contributed by atoms with van der Waals surface area (Å²) < 4.78 is 0. The molecule has 0 saturated heterocycles. The van der Waals surface area contributed by atoms with Crippen molar-refractivity contribution in [3.05, 3.63) is 6.33 Å². The average Bonchev–Trinajstić information content (AvgIpc) is 2.40. The second kappa shape index (κ2) is 3.23. The van der Waals surface area contributed by atoms with E-state index in [0.717, 1.165) is 0 Å². The van der Waals surface area contributed by atoms with Crippen molar-refractivity contribution in [1.82, 2.24) is 20.2 Å². The maximum atomic E-state index is 8.98. The quantitative estimate of drug-likeness (QED) is 0.510. The van der Waals surface area contributed by atoms with Crippen LogP contribution in [0.2, 0.25) is 0 Å². The van der Waals surface area contributed by atoms with Crippen LogP contribution in [0.4, 0.5) is 0 Å². The highest BCUT2D eigenvalue weighted by Crippen LogP contribution is 1.82. The molecule has 0 spiro atoms. The summed E-state index contributed by atoms with van der Waals surface area (Å²) in [5.74, 6) is 0. The molecule has 0 aliphatic carbocycles. The van der Waals surface area contributed by atoms with Crippen LogP contribution >= 0.6 is 0 Å². The van der Waals surface area contributed by atoms with Crippen molar-refractivity contribution >= 4 is 0 Å². The molecule has 56 valence electrons. The lowest BCUT2D eigenvalue weighted by Crippen LogP contribution is -2.26. The first-order valence-electron chi connectivity index (χ1n) is 2.92. The van der Waals surface area contributed by atoms with E-state index in [2.05, 4.69) is 15.4 Å². The first-order chi connectivity index (χ1) is 4.83. The van der Waals surface area contributed by atoms with Crippen LogP contribution in [-0.4, -0.2) is 38.0 Å². The fourth-order valence-corrected chi connectivity index (χ4v) is 0.535. The normalized spacial score (nSPS) is 13.4. The Bertz CT molecular complexity index is 174. The minimum Gasteiger partial charge on any atom is -0.390 e. The van der Waals surface area contributed by atoms with Gasteiger partial charge in [-0.15, -0.1) is 10.2 Å². The highest BCUT2D eigenvalue weighted by molar-refractivity contribution is 4.52. The second-order valence-electron chi connectivity index (χ2n) is 1.88. The Hall–Kier alpha value is -1.01. The largest absolute Gasteiger partial charge is 0.390 e. The van der Waals surface area contributed by atoms with Gasteiger partial charge >= 0.3 is 0 Å². The lowest BCUT2D eigenvalue weighted by atomic mass is 10.4. The van der Waals surface area contributed by atoms with E-state index in [4.69, 9.17) is 10.8 Å². The number of rotatable bonds is 3. The third-order valence-electron chi connectivity index (χ3n) is 1.04. The minimum absolute atomic E-state index is 0.210. The molecular weight excluding hydrogens is 134 g/mol. The topological polar surface area (TPSA) is 89.8 Å². The van der Waals surface area contributed by atoms with E-state index >= 15 is 0 Å². The van der Waals surface area contributed by atoms with Gasteiger partial charge in [-0.1, -0.05) is 0 Å². The summed E-state index contributed by atoms with van der Waals surface area (Å²) in [6.07, 6.45) is 0.720. The molecule has 0 aliphatic rings. The molecule has 3 N–H and O–H groups in total. The van der Waals surface area contributed by atoms with E-state index in [0.29, 0.717) is 6.54 Å². The molecule has 1 heterocycles. The molecule has 1 aromatic heterocycles. The Labute approximate surface area is 57.6 Å². The molecule has 1 rings (SSSR count). The maximum Gasteiger partial charge on any atom is 0.162 e. The van der Waals surface area contributed by atoms with Gasteiger partial charge in [-0.25, -0.2) is 0 Å². The molecule has 0 amide bonds. The number of tetrazole rings is 1. The van der Waals surface area contributed by atoms with E-state index in [1.165, 1.54) is 11.1 Å². The van der Waals surface area contributed by atoms with Gasteiger partial charge in [0.05, 0.1) is 12.6 Å². The van der Waals surface area contributed by atoms with Crippen LogP contribution in [-0.2, 0) is 6.54 Å². The Balaban J connectivity index is 2.40. The molecule has 0 aromatic carbocycles. The van der Waals surface area contributed by atoms with Gasteiger partial charge < -0.3 is 10.8 Å². The summed E-state index contributed by atoms with van der Waals surface area (Å²) in [6.45, 7) is 0.512. The summed E-state index contributed by atoms with van der Waals surface area (Å²) in [7, 11) is 0. The van der Waals surface area contributed by atoms with Gasteiger partial charge in [0.2, 0.25) is 0 Å². The molecule has 1 unspecified atom stereocenters. The molecule has 0 saturated carbocycles. The zero-order chi connectivity index (χ0) is 7.40. The number of aliphatic hydroxyl groups is 1. The van der Waals surface area contributed by atoms with Crippen LogP contribution in [0.5, 0.6) is 0 Å². The zero-order valence-electron chi connectivity index (χ0n) is 5.38. The number of nitrogens with zero attached hydrogens (tertiary/aromatic N) is 4. The summed E-state index contributed by atoms with van der Waals surface area (Å²) >= 11 is 0. The van der Waals surface area contributed by atoms with Crippen LogP contribution in [0.25, 0.3) is 0 Å². The SMILES string of the molecule is NCC(O)Cn1ncnn1. The van der Waals surface area contributed by atoms with E-state index in [-0.39, 0.29) is 6.54 Å². The van der Waals surface area contributed by atoms with Crippen molar-refractivity contribution in [3.8, 4) is 0 Å². The van der Waals surface area contributed by atoms with Gasteiger partial charge in [0.1, 0.15) is 0 Å². The number of aromatic nitrogens is 4. The van der Waals surface area contributed by atoms with E-state index < -0.39 is 6.10 Å². The van der Waals surface area contributed by atoms with Crippen LogP contribution in [0.1, 0.15) is 0 Å². The zero-order valence-corrected chi connectivity index (χ0v) is 5.38. The maximum absolute atomic E-state index is 8.98. The predicted molar refractivity (Wildman–Crippen MR) is 32.9 cm³/mol. The number of aliphatic hydroxyl groups excluding tert-OH is 1. The Morgan fingerprint density at radius 3 is 3.00 bits per heavy atom. The predicted octanol–water partition coefficient (Wildman–Crippen LogP) is -2.01. The smallest absolute Gasteiger partial charge is 0.162 e. The van der Waals surface area contributed by atoms with Gasteiger partial charge in [-0.3, -0.25) is 0 Å². The Kier molecular flexibility index (Phi) is 2.30. The summed E-state index contributed by atoms with van der Waals surface area (Å²) in [5.41, 5.74) is 5.15. The molecule has 1 atom stereocenters. The van der Waals surface area contributed by atoms with Crippen molar-refractivity contribution in [2.24, 2.45) is 5.73 Å². The lowest BCUT2D eigenvalue weighted by Gasteiger charge is -2.03. The summed E-state index contributed by atoms with van der Waals surface area (Å²) in [6, 6.07) is 0. The third kappa shape index (κ3) is 1.74. The summed E-state index contributed by atoms with van der Waals surface area (Å²) in [4.78, 5) is 1.29. The van der Waals surface area contributed by atoms with Crippen molar-refractivity contribution in [2.75, 3.05) is 6.54 Å². The van der Waals surface area contributed by atoms with Crippen molar-refractivity contribution in [2.45, 2.75) is 12.6 Å². The Morgan fingerprint density at radius 1 is 1.70 bits per heavy atom. The minimum atomic E-state index is -0.589. The van der Waals surface area contributed by atoms with Crippen LogP contribution in [0.15, 0.2) is 6.33 Å². The van der Waals surface area contributed by atoms with E-state index in [9.17, 15) is 0 Å². The number of hydrogen-bond donors (Lipinski definition) is 2. The molecular formula is C4H9N5O. The van der Waals surface area contributed by atoms with Crippen molar-refractivity contribution < 1.29 is 5.11 Å². The molecule has 0 bridgehead atoms. The van der Waals surface area contributed by atoms with E-state index in [1.54, 1.807) is 0 Å². The van der Waals surface area contributed by atoms with Gasteiger partial charge in [0.25, 0.3) is 0 Å². The lowest BCUT2D eigenvalue weighted by molar-refractivity contribution is 0.150. The van der Waals surface area contributed by atoms with Gasteiger partial charge in [-0.05, 0) is 5.21 Å². The molecule has 10 heavy (non-hydrogen) atoms. The third-order valence-corrected chi connectivity index (χ3v) is 1.04. The average molecular weight is 143 g/mol. The van der Waals surface area contributed by atoms with Gasteiger partial charge in [0, 0.05) is 6.54 Å². The molecule has 6 nitrogen and oxygen atoms in total. The van der Waals surface area contributed by atoms with Gasteiger partial charge in [-0.2, -0.15) is 4.80 Å². The molecule has 1 aromatic rings. The first-order valence-corrected chi connectivity index (χ1v) is 2.92. The number of hydrogen-bond acceptors (Lipinski definition) is 5. The second-order valence-corrected chi connectivity index (χ2v) is 1.88.